The highest BCUT2D eigenvalue weighted by molar-refractivity contribution is 7.14. The minimum atomic E-state index is -0.382. The Bertz CT molecular complexity index is 1250. The maximum absolute atomic E-state index is 12.3. The number of carbonyl (C=O) groups is 1. The second-order valence-electron chi connectivity index (χ2n) is 8.67. The average molecular weight is 485 g/mol. The molecule has 0 unspecified atom stereocenters. The molecule has 1 aromatic heterocycles. The highest BCUT2D eigenvalue weighted by Crippen LogP contribution is 2.44. The molecule has 4 aromatic rings. The van der Waals surface area contributed by atoms with Crippen LogP contribution in [0.4, 0.5) is 4.79 Å². The second kappa shape index (κ2) is 10.8. The fourth-order valence-electron chi connectivity index (χ4n) is 4.53. The molecular weight excluding hydrogens is 456 g/mol. The number of rotatable bonds is 9. The van der Waals surface area contributed by atoms with Crippen molar-refractivity contribution in [2.45, 2.75) is 31.2 Å². The van der Waals surface area contributed by atoms with Gasteiger partial charge in [-0.05, 0) is 41.5 Å². The number of alkyl carbamates (subject to hydrolysis) is 1. The summed E-state index contributed by atoms with van der Waals surface area (Å²) in [6, 6.07) is 26.5. The molecule has 0 bridgehead atoms. The molecule has 1 heterocycles. The number of benzene rings is 3. The monoisotopic (exact) mass is 484 g/mol. The minimum Gasteiger partial charge on any atom is -0.449 e. The zero-order chi connectivity index (χ0) is 24.0. The van der Waals surface area contributed by atoms with Crippen molar-refractivity contribution in [3.8, 4) is 21.7 Å². The van der Waals surface area contributed by atoms with Crippen LogP contribution in [0.2, 0.25) is 0 Å². The third kappa shape index (κ3) is 5.26. The van der Waals surface area contributed by atoms with Crippen LogP contribution in [0.5, 0.6) is 0 Å². The first-order valence-corrected chi connectivity index (χ1v) is 12.8. The largest absolute Gasteiger partial charge is 0.449 e. The highest BCUT2D eigenvalue weighted by Gasteiger charge is 2.28. The van der Waals surface area contributed by atoms with Gasteiger partial charge in [-0.15, -0.1) is 10.2 Å². The predicted molar refractivity (Wildman–Crippen MR) is 139 cm³/mol. The van der Waals surface area contributed by atoms with E-state index in [-0.39, 0.29) is 18.1 Å². The number of carbonyl (C=O) groups excluding carboxylic acids is 1. The van der Waals surface area contributed by atoms with Crippen molar-refractivity contribution in [3.05, 3.63) is 95.0 Å². The molecule has 0 saturated heterocycles. The average Bonchev–Trinajstić information content (AvgIpc) is 3.52. The molecule has 5 rings (SSSR count). The van der Waals surface area contributed by atoms with Crippen molar-refractivity contribution in [3.63, 3.8) is 0 Å². The summed E-state index contributed by atoms with van der Waals surface area (Å²) in [5.41, 5.74) is 12.2. The van der Waals surface area contributed by atoms with E-state index in [4.69, 9.17) is 10.5 Å². The van der Waals surface area contributed by atoms with E-state index in [0.29, 0.717) is 13.2 Å². The lowest BCUT2D eigenvalue weighted by Crippen LogP contribution is -2.27. The lowest BCUT2D eigenvalue weighted by Gasteiger charge is -2.14. The summed E-state index contributed by atoms with van der Waals surface area (Å²) in [5, 5.41) is 13.1. The van der Waals surface area contributed by atoms with Gasteiger partial charge in [-0.25, -0.2) is 4.79 Å². The van der Waals surface area contributed by atoms with Gasteiger partial charge in [0, 0.05) is 18.0 Å². The highest BCUT2D eigenvalue weighted by atomic mass is 32.1. The van der Waals surface area contributed by atoms with Gasteiger partial charge < -0.3 is 15.8 Å². The topological polar surface area (TPSA) is 90.1 Å². The number of amides is 1. The van der Waals surface area contributed by atoms with E-state index in [9.17, 15) is 4.79 Å². The molecule has 7 heteroatoms. The number of hydrogen-bond donors (Lipinski definition) is 2. The lowest BCUT2D eigenvalue weighted by molar-refractivity contribution is 0.143. The predicted octanol–water partition coefficient (Wildman–Crippen LogP) is 5.91. The van der Waals surface area contributed by atoms with Gasteiger partial charge in [0.05, 0.1) is 6.04 Å². The van der Waals surface area contributed by atoms with E-state index in [1.807, 2.05) is 54.6 Å². The molecule has 1 atom stereocenters. The van der Waals surface area contributed by atoms with Crippen LogP contribution in [-0.4, -0.2) is 29.4 Å². The number of aromatic nitrogens is 2. The van der Waals surface area contributed by atoms with Gasteiger partial charge in [-0.1, -0.05) is 90.2 Å². The van der Waals surface area contributed by atoms with E-state index < -0.39 is 0 Å². The normalized spacial score (nSPS) is 13.2. The SMILES string of the molecule is N[C@@H](CCCCNC(=O)OCC1c2ccccc2-c2ccccc21)c1nnc(-c2ccccc2)s1. The zero-order valence-corrected chi connectivity index (χ0v) is 20.2. The fraction of sp³-hybridized carbons (Fsp3) is 0.250. The smallest absolute Gasteiger partial charge is 0.407 e. The number of fused-ring (bicyclic) bond motifs is 3. The maximum atomic E-state index is 12.3. The Kier molecular flexibility index (Phi) is 7.16. The van der Waals surface area contributed by atoms with Crippen molar-refractivity contribution < 1.29 is 9.53 Å². The van der Waals surface area contributed by atoms with Crippen molar-refractivity contribution in [2.24, 2.45) is 5.73 Å². The Labute approximate surface area is 209 Å². The van der Waals surface area contributed by atoms with Gasteiger partial charge in [-0.3, -0.25) is 0 Å². The summed E-state index contributed by atoms with van der Waals surface area (Å²) < 4.78 is 5.59. The third-order valence-corrected chi connectivity index (χ3v) is 7.44. The summed E-state index contributed by atoms with van der Waals surface area (Å²) in [7, 11) is 0. The third-order valence-electron chi connectivity index (χ3n) is 6.33. The molecule has 1 amide bonds. The van der Waals surface area contributed by atoms with Gasteiger partial charge in [-0.2, -0.15) is 0 Å². The minimum absolute atomic E-state index is 0.0684. The first kappa shape index (κ1) is 23.2. The number of nitrogens with one attached hydrogen (secondary N) is 1. The van der Waals surface area contributed by atoms with E-state index in [0.717, 1.165) is 34.8 Å². The van der Waals surface area contributed by atoms with Crippen molar-refractivity contribution in [1.29, 1.82) is 0 Å². The molecule has 1 aliphatic rings. The quantitative estimate of drug-likeness (QED) is 0.288. The molecule has 35 heavy (non-hydrogen) atoms. The molecule has 6 nitrogen and oxygen atoms in total. The Morgan fingerprint density at radius 1 is 0.914 bits per heavy atom. The summed E-state index contributed by atoms with van der Waals surface area (Å²) in [5.74, 6) is 0.0684. The number of nitrogens with zero attached hydrogens (tertiary/aromatic N) is 2. The summed E-state index contributed by atoms with van der Waals surface area (Å²) in [6.45, 7) is 0.875. The van der Waals surface area contributed by atoms with Crippen LogP contribution in [0, 0.1) is 0 Å². The van der Waals surface area contributed by atoms with Crippen LogP contribution < -0.4 is 11.1 Å². The van der Waals surface area contributed by atoms with E-state index in [2.05, 4.69) is 39.8 Å². The van der Waals surface area contributed by atoms with E-state index in [1.165, 1.54) is 33.6 Å². The molecule has 0 spiro atoms. The zero-order valence-electron chi connectivity index (χ0n) is 19.4. The van der Waals surface area contributed by atoms with Crippen LogP contribution in [0.3, 0.4) is 0 Å². The summed E-state index contributed by atoms with van der Waals surface area (Å²) in [4.78, 5) is 12.3. The number of ether oxygens (including phenoxy) is 1. The first-order valence-electron chi connectivity index (χ1n) is 11.9. The molecule has 3 N–H and O–H groups in total. The van der Waals surface area contributed by atoms with Crippen LogP contribution >= 0.6 is 11.3 Å². The Balaban J connectivity index is 1.04. The molecular formula is C28H28N4O2S. The van der Waals surface area contributed by atoms with E-state index >= 15 is 0 Å². The van der Waals surface area contributed by atoms with Gasteiger partial charge in [0.15, 0.2) is 0 Å². The molecule has 178 valence electrons. The van der Waals surface area contributed by atoms with Crippen LogP contribution in [0.1, 0.15) is 47.4 Å². The molecule has 0 aliphatic heterocycles. The Hall–Kier alpha value is -3.55. The molecule has 0 radical (unpaired) electrons. The molecule has 1 aliphatic carbocycles. The van der Waals surface area contributed by atoms with Gasteiger partial charge in [0.2, 0.25) is 0 Å². The molecule has 3 aromatic carbocycles. The number of nitrogens with two attached hydrogens (primary N) is 1. The van der Waals surface area contributed by atoms with Crippen LogP contribution in [0.15, 0.2) is 78.9 Å². The van der Waals surface area contributed by atoms with Crippen molar-refractivity contribution in [2.75, 3.05) is 13.2 Å². The van der Waals surface area contributed by atoms with Crippen molar-refractivity contribution >= 4 is 17.4 Å². The Morgan fingerprint density at radius 2 is 1.57 bits per heavy atom. The molecule has 0 saturated carbocycles. The van der Waals surface area contributed by atoms with Gasteiger partial charge in [0.25, 0.3) is 0 Å². The van der Waals surface area contributed by atoms with Gasteiger partial charge >= 0.3 is 6.09 Å². The lowest BCUT2D eigenvalue weighted by atomic mass is 9.98. The van der Waals surface area contributed by atoms with E-state index in [1.54, 1.807) is 0 Å². The first-order chi connectivity index (χ1) is 17.2. The maximum Gasteiger partial charge on any atom is 0.407 e. The fourth-order valence-corrected chi connectivity index (χ4v) is 5.42. The van der Waals surface area contributed by atoms with Crippen molar-refractivity contribution in [1.82, 2.24) is 15.5 Å². The van der Waals surface area contributed by atoms with Crippen LogP contribution in [-0.2, 0) is 4.74 Å². The Morgan fingerprint density at radius 3 is 2.29 bits per heavy atom. The second-order valence-corrected chi connectivity index (χ2v) is 9.68. The van der Waals surface area contributed by atoms with Gasteiger partial charge in [0.1, 0.15) is 16.6 Å². The summed E-state index contributed by atoms with van der Waals surface area (Å²) in [6.07, 6.45) is 2.11. The summed E-state index contributed by atoms with van der Waals surface area (Å²) >= 11 is 1.53. The van der Waals surface area contributed by atoms with Crippen LogP contribution in [0.25, 0.3) is 21.7 Å². The standard InChI is InChI=1S/C28H28N4O2S/c29-25(27-32-31-26(35-27)19-10-2-1-3-11-19)16-8-9-17-30-28(33)34-18-24-22-14-6-4-12-20(22)21-13-5-7-15-23(21)24/h1-7,10-15,24-25H,8-9,16-18,29H2,(H,30,33)/t25-/m0/s1. The number of unbranched alkanes of at least 4 members (excludes halogenated alkanes) is 1. The molecule has 0 fully saturated rings. The number of hydrogen-bond acceptors (Lipinski definition) is 6.